The lowest BCUT2D eigenvalue weighted by molar-refractivity contribution is -0.116. The Kier molecular flexibility index (Phi) is 5.92. The van der Waals surface area contributed by atoms with Crippen molar-refractivity contribution >= 4 is 28.7 Å². The summed E-state index contributed by atoms with van der Waals surface area (Å²) in [6.45, 7) is 3.85. The minimum atomic E-state index is -0.499. The van der Waals surface area contributed by atoms with Crippen LogP contribution < -0.4 is 10.6 Å². The molecular weight excluding hydrogens is 447 g/mol. The topological polar surface area (TPSA) is 58.2 Å². The van der Waals surface area contributed by atoms with Gasteiger partial charge in [-0.2, -0.15) is 0 Å². The molecule has 3 aromatic rings. The molecule has 1 aliphatic carbocycles. The molecule has 1 amide bonds. The van der Waals surface area contributed by atoms with Gasteiger partial charge in [0.1, 0.15) is 5.82 Å². The molecule has 2 N–H and O–H groups in total. The van der Waals surface area contributed by atoms with Crippen molar-refractivity contribution in [1.82, 2.24) is 5.32 Å². The molecule has 2 atom stereocenters. The van der Waals surface area contributed by atoms with Gasteiger partial charge in [-0.05, 0) is 60.9 Å². The van der Waals surface area contributed by atoms with Crippen molar-refractivity contribution in [3.05, 3.63) is 110 Å². The number of carbonyl (C=O) groups excluding carboxylic acids is 2. The van der Waals surface area contributed by atoms with E-state index in [0.29, 0.717) is 29.7 Å². The van der Waals surface area contributed by atoms with Crippen LogP contribution in [-0.4, -0.2) is 11.7 Å². The second-order valence-electron chi connectivity index (χ2n) is 8.83. The Bertz CT molecular complexity index is 1340. The van der Waals surface area contributed by atoms with Gasteiger partial charge in [0.2, 0.25) is 0 Å². The van der Waals surface area contributed by atoms with Crippen molar-refractivity contribution < 1.29 is 14.0 Å². The third kappa shape index (κ3) is 3.99. The highest BCUT2D eigenvalue weighted by Gasteiger charge is 2.41. The average molecular weight is 473 g/mol. The van der Waals surface area contributed by atoms with Crippen LogP contribution in [0, 0.1) is 12.7 Å². The number of thiophene rings is 1. The summed E-state index contributed by atoms with van der Waals surface area (Å²) in [5.41, 5.74) is 4.97. The van der Waals surface area contributed by atoms with E-state index < -0.39 is 17.6 Å². The number of rotatable bonds is 4. The Balaban J connectivity index is 1.56. The van der Waals surface area contributed by atoms with Gasteiger partial charge < -0.3 is 10.6 Å². The molecule has 0 radical (unpaired) electrons. The molecule has 0 spiro atoms. The number of halogens is 1. The number of hydrogen-bond donors (Lipinski definition) is 2. The second kappa shape index (κ2) is 9.03. The van der Waals surface area contributed by atoms with E-state index in [1.807, 2.05) is 43.5 Å². The van der Waals surface area contributed by atoms with Crippen LogP contribution in [0.1, 0.15) is 47.6 Å². The highest BCUT2D eigenvalue weighted by molar-refractivity contribution is 7.10. The molecule has 34 heavy (non-hydrogen) atoms. The van der Waals surface area contributed by atoms with Gasteiger partial charge in [0.15, 0.2) is 5.78 Å². The molecule has 0 fully saturated rings. The van der Waals surface area contributed by atoms with Gasteiger partial charge in [0.05, 0.1) is 11.6 Å². The Morgan fingerprint density at radius 2 is 1.76 bits per heavy atom. The van der Waals surface area contributed by atoms with Crippen LogP contribution in [0.25, 0.3) is 0 Å². The molecule has 0 bridgehead atoms. The summed E-state index contributed by atoms with van der Waals surface area (Å²) < 4.78 is 14.3. The Labute approximate surface area is 202 Å². The first-order chi connectivity index (χ1) is 16.4. The van der Waals surface area contributed by atoms with Gasteiger partial charge in [-0.25, -0.2) is 4.39 Å². The number of Topliss-reactive ketones (excluding diaryl/α,β-unsaturated/α-hetero) is 1. The number of amides is 1. The molecule has 2 unspecified atom stereocenters. The van der Waals surface area contributed by atoms with Gasteiger partial charge in [0, 0.05) is 33.8 Å². The predicted octanol–water partition coefficient (Wildman–Crippen LogP) is 6.20. The zero-order valence-electron chi connectivity index (χ0n) is 19.0. The Morgan fingerprint density at radius 3 is 2.47 bits per heavy atom. The summed E-state index contributed by atoms with van der Waals surface area (Å²) in [5.74, 6) is -1.25. The highest BCUT2D eigenvalue weighted by atomic mass is 32.1. The van der Waals surface area contributed by atoms with Crippen LogP contribution in [0.3, 0.4) is 0 Å². The molecule has 2 aromatic carbocycles. The highest BCUT2D eigenvalue weighted by Crippen LogP contribution is 2.47. The standard InChI is InChI=1S/C28H25FN2O2S/c1-16-12-13-34-27(16)26-24(28(33)31-21-11-7-6-10-20(21)29)17(2)30-22-14-19(15-23(32)25(22)26)18-8-4-3-5-9-18/h3-13,19,26,30H,14-15H2,1-2H3,(H,31,33). The summed E-state index contributed by atoms with van der Waals surface area (Å²) >= 11 is 1.54. The lowest BCUT2D eigenvalue weighted by atomic mass is 9.73. The predicted molar refractivity (Wildman–Crippen MR) is 133 cm³/mol. The van der Waals surface area contributed by atoms with Gasteiger partial charge in [-0.3, -0.25) is 9.59 Å². The second-order valence-corrected chi connectivity index (χ2v) is 9.78. The van der Waals surface area contributed by atoms with Crippen LogP contribution in [-0.2, 0) is 9.59 Å². The first kappa shape index (κ1) is 22.3. The first-order valence-electron chi connectivity index (χ1n) is 11.3. The van der Waals surface area contributed by atoms with Crippen molar-refractivity contribution in [2.45, 2.75) is 38.5 Å². The number of carbonyl (C=O) groups is 2. The molecule has 5 rings (SSSR count). The fourth-order valence-corrected chi connectivity index (χ4v) is 6.04. The molecule has 0 saturated carbocycles. The molecule has 1 aromatic heterocycles. The maximum atomic E-state index is 14.3. The van der Waals surface area contributed by atoms with Crippen molar-refractivity contribution in [3.63, 3.8) is 0 Å². The van der Waals surface area contributed by atoms with Gasteiger partial charge in [0.25, 0.3) is 5.91 Å². The number of para-hydroxylation sites is 1. The molecule has 2 aliphatic rings. The largest absolute Gasteiger partial charge is 0.362 e. The fourth-order valence-electron chi connectivity index (χ4n) is 5.00. The van der Waals surface area contributed by atoms with Crippen LogP contribution in [0.5, 0.6) is 0 Å². The first-order valence-corrected chi connectivity index (χ1v) is 12.2. The summed E-state index contributed by atoms with van der Waals surface area (Å²) in [4.78, 5) is 28.1. The Morgan fingerprint density at radius 1 is 1.03 bits per heavy atom. The number of benzene rings is 2. The van der Waals surface area contributed by atoms with Crippen LogP contribution in [0.4, 0.5) is 10.1 Å². The molecule has 2 heterocycles. The van der Waals surface area contributed by atoms with E-state index in [4.69, 9.17) is 0 Å². The lowest BCUT2D eigenvalue weighted by Crippen LogP contribution is -2.37. The smallest absolute Gasteiger partial charge is 0.254 e. The zero-order valence-corrected chi connectivity index (χ0v) is 19.8. The van der Waals surface area contributed by atoms with E-state index in [1.165, 1.54) is 12.1 Å². The monoisotopic (exact) mass is 472 g/mol. The van der Waals surface area contributed by atoms with Crippen molar-refractivity contribution in [2.24, 2.45) is 0 Å². The average Bonchev–Trinajstić information content (AvgIpc) is 3.25. The van der Waals surface area contributed by atoms with Crippen LogP contribution in [0.2, 0.25) is 0 Å². The number of allylic oxidation sites excluding steroid dienone is 3. The quantitative estimate of drug-likeness (QED) is 0.476. The van der Waals surface area contributed by atoms with Gasteiger partial charge in [-0.15, -0.1) is 11.3 Å². The van der Waals surface area contributed by atoms with Crippen molar-refractivity contribution in [1.29, 1.82) is 0 Å². The third-order valence-corrected chi connectivity index (χ3v) is 7.71. The normalized spacial score (nSPS) is 20.1. The minimum Gasteiger partial charge on any atom is -0.362 e. The molecule has 6 heteroatoms. The fraction of sp³-hybridized carbons (Fsp3) is 0.214. The maximum absolute atomic E-state index is 14.3. The van der Waals surface area contributed by atoms with Gasteiger partial charge in [-0.1, -0.05) is 42.5 Å². The molecule has 4 nitrogen and oxygen atoms in total. The van der Waals surface area contributed by atoms with E-state index in [1.54, 1.807) is 23.5 Å². The summed E-state index contributed by atoms with van der Waals surface area (Å²) in [6.07, 6.45) is 1.10. The summed E-state index contributed by atoms with van der Waals surface area (Å²) in [5, 5.41) is 8.09. The van der Waals surface area contributed by atoms with Crippen molar-refractivity contribution in [3.8, 4) is 0 Å². The SMILES string of the molecule is CC1=C(C(=O)Nc2ccccc2F)C(c2sccc2C)C2=C(CC(c3ccccc3)CC2=O)N1. The number of dihydropyridines is 1. The third-order valence-electron chi connectivity index (χ3n) is 6.63. The van der Waals surface area contributed by atoms with Gasteiger partial charge >= 0.3 is 0 Å². The maximum Gasteiger partial charge on any atom is 0.254 e. The number of hydrogen-bond acceptors (Lipinski definition) is 4. The van der Waals surface area contributed by atoms with E-state index in [2.05, 4.69) is 22.8 Å². The van der Waals surface area contributed by atoms with Crippen LogP contribution in [0.15, 0.2) is 88.6 Å². The lowest BCUT2D eigenvalue weighted by Gasteiger charge is -2.36. The van der Waals surface area contributed by atoms with E-state index in [-0.39, 0.29) is 17.4 Å². The molecule has 1 aliphatic heterocycles. The number of anilines is 1. The number of aryl methyl sites for hydroxylation is 1. The van der Waals surface area contributed by atoms with Crippen molar-refractivity contribution in [2.75, 3.05) is 5.32 Å². The zero-order chi connectivity index (χ0) is 23.8. The molecular formula is C28H25FN2O2S. The minimum absolute atomic E-state index is 0.0455. The number of ketones is 1. The van der Waals surface area contributed by atoms with E-state index in [0.717, 1.165) is 21.7 Å². The summed E-state index contributed by atoms with van der Waals surface area (Å²) in [7, 11) is 0. The van der Waals surface area contributed by atoms with E-state index in [9.17, 15) is 14.0 Å². The summed E-state index contributed by atoms with van der Waals surface area (Å²) in [6, 6.07) is 18.2. The van der Waals surface area contributed by atoms with E-state index >= 15 is 0 Å². The Hall–Kier alpha value is -3.51. The number of nitrogens with one attached hydrogen (secondary N) is 2. The molecule has 0 saturated heterocycles. The van der Waals surface area contributed by atoms with Crippen LogP contribution >= 0.6 is 11.3 Å². The molecule has 172 valence electrons.